The molecule has 1 aromatic heterocycles. The summed E-state index contributed by atoms with van der Waals surface area (Å²) in [5, 5.41) is 9.39. The van der Waals surface area contributed by atoms with Gasteiger partial charge in [0.1, 0.15) is 0 Å². The minimum Gasteiger partial charge on any atom is -0.378 e. The third-order valence-electron chi connectivity index (χ3n) is 4.64. The standard InChI is InChI=1S/C20H29N5O2S/c1-15(2)14-25-19(24-10-12-27-13-11-24)21-22-20(25)28-16(3)18(26)23(4)17-8-6-5-7-9-17/h5-9,15-16H,10-14H2,1-4H3. The van der Waals surface area contributed by atoms with Crippen LogP contribution in [0.4, 0.5) is 11.6 Å². The topological polar surface area (TPSA) is 63.5 Å². The van der Waals surface area contributed by atoms with Gasteiger partial charge >= 0.3 is 0 Å². The molecule has 7 nitrogen and oxygen atoms in total. The Labute approximate surface area is 171 Å². The van der Waals surface area contributed by atoms with E-state index < -0.39 is 0 Å². The van der Waals surface area contributed by atoms with Gasteiger partial charge in [-0.25, -0.2) is 0 Å². The van der Waals surface area contributed by atoms with Gasteiger partial charge < -0.3 is 14.5 Å². The van der Waals surface area contributed by atoms with E-state index in [-0.39, 0.29) is 11.2 Å². The van der Waals surface area contributed by atoms with Crippen molar-refractivity contribution < 1.29 is 9.53 Å². The zero-order valence-electron chi connectivity index (χ0n) is 17.0. The highest BCUT2D eigenvalue weighted by molar-refractivity contribution is 8.00. The molecular weight excluding hydrogens is 374 g/mol. The van der Waals surface area contributed by atoms with E-state index >= 15 is 0 Å². The number of rotatable bonds is 7. The summed E-state index contributed by atoms with van der Waals surface area (Å²) >= 11 is 1.47. The molecule has 2 aromatic rings. The smallest absolute Gasteiger partial charge is 0.240 e. The lowest BCUT2D eigenvalue weighted by Gasteiger charge is -2.28. The number of para-hydroxylation sites is 1. The van der Waals surface area contributed by atoms with Gasteiger partial charge in [-0.2, -0.15) is 0 Å². The number of ether oxygens (including phenoxy) is 1. The number of nitrogens with zero attached hydrogens (tertiary/aromatic N) is 5. The number of carbonyl (C=O) groups excluding carboxylic acids is 1. The number of amides is 1. The maximum absolute atomic E-state index is 12.9. The van der Waals surface area contributed by atoms with Crippen LogP contribution in [0.1, 0.15) is 20.8 Å². The maximum atomic E-state index is 12.9. The lowest BCUT2D eigenvalue weighted by Crippen LogP contribution is -2.38. The molecule has 0 radical (unpaired) electrons. The van der Waals surface area contributed by atoms with E-state index in [9.17, 15) is 4.79 Å². The Morgan fingerprint density at radius 2 is 1.86 bits per heavy atom. The maximum Gasteiger partial charge on any atom is 0.240 e. The number of hydrogen-bond donors (Lipinski definition) is 0. The van der Waals surface area contributed by atoms with E-state index in [1.807, 2.05) is 44.3 Å². The molecule has 0 saturated carbocycles. The van der Waals surface area contributed by atoms with Crippen LogP contribution in [0.3, 0.4) is 0 Å². The summed E-state index contributed by atoms with van der Waals surface area (Å²) in [4.78, 5) is 16.8. The highest BCUT2D eigenvalue weighted by Gasteiger charge is 2.26. The van der Waals surface area contributed by atoms with Crippen molar-refractivity contribution in [3.05, 3.63) is 30.3 Å². The molecule has 1 fully saturated rings. The van der Waals surface area contributed by atoms with Crippen molar-refractivity contribution >= 4 is 29.3 Å². The first-order valence-corrected chi connectivity index (χ1v) is 10.6. The van der Waals surface area contributed by atoms with Gasteiger partial charge in [-0.15, -0.1) is 10.2 Å². The van der Waals surface area contributed by atoms with Crippen LogP contribution >= 0.6 is 11.8 Å². The molecule has 1 amide bonds. The van der Waals surface area contributed by atoms with Crippen LogP contribution in [-0.2, 0) is 16.1 Å². The Morgan fingerprint density at radius 1 is 1.18 bits per heavy atom. The van der Waals surface area contributed by atoms with E-state index in [0.29, 0.717) is 19.1 Å². The van der Waals surface area contributed by atoms with E-state index in [1.54, 1.807) is 4.90 Å². The quantitative estimate of drug-likeness (QED) is 0.663. The number of morpholine rings is 1. The molecule has 1 aromatic carbocycles. The zero-order valence-corrected chi connectivity index (χ0v) is 17.9. The molecule has 8 heteroatoms. The van der Waals surface area contributed by atoms with Gasteiger partial charge in [0.15, 0.2) is 5.16 Å². The van der Waals surface area contributed by atoms with Crippen molar-refractivity contribution in [3.63, 3.8) is 0 Å². The minimum atomic E-state index is -0.266. The van der Waals surface area contributed by atoms with E-state index in [2.05, 4.69) is 33.5 Å². The van der Waals surface area contributed by atoms with Crippen molar-refractivity contribution in [1.29, 1.82) is 0 Å². The number of hydrogen-bond acceptors (Lipinski definition) is 6. The highest BCUT2D eigenvalue weighted by Crippen LogP contribution is 2.28. The second kappa shape index (κ2) is 9.43. The van der Waals surface area contributed by atoms with Crippen molar-refractivity contribution in [2.75, 3.05) is 43.2 Å². The van der Waals surface area contributed by atoms with Gasteiger partial charge in [0.2, 0.25) is 11.9 Å². The monoisotopic (exact) mass is 403 g/mol. The first-order chi connectivity index (χ1) is 13.5. The van der Waals surface area contributed by atoms with Gasteiger partial charge in [0, 0.05) is 32.4 Å². The predicted molar refractivity (Wildman–Crippen MR) is 113 cm³/mol. The zero-order chi connectivity index (χ0) is 20.1. The van der Waals surface area contributed by atoms with Gasteiger partial charge in [0.25, 0.3) is 0 Å². The van der Waals surface area contributed by atoms with Gasteiger partial charge in [-0.1, -0.05) is 43.8 Å². The number of anilines is 2. The molecule has 0 N–H and O–H groups in total. The van der Waals surface area contributed by atoms with E-state index in [0.717, 1.165) is 36.4 Å². The molecule has 2 heterocycles. The Morgan fingerprint density at radius 3 is 2.50 bits per heavy atom. The number of carbonyl (C=O) groups is 1. The average Bonchev–Trinajstić information content (AvgIpc) is 3.09. The Kier molecular flexibility index (Phi) is 6.96. The summed E-state index contributed by atoms with van der Waals surface area (Å²) in [7, 11) is 1.81. The Bertz CT molecular complexity index is 774. The van der Waals surface area contributed by atoms with Crippen LogP contribution in [0.2, 0.25) is 0 Å². The van der Waals surface area contributed by atoms with Gasteiger partial charge in [-0.3, -0.25) is 9.36 Å². The van der Waals surface area contributed by atoms with Crippen molar-refractivity contribution in [2.24, 2.45) is 5.92 Å². The summed E-state index contributed by atoms with van der Waals surface area (Å²) in [6.07, 6.45) is 0. The summed E-state index contributed by atoms with van der Waals surface area (Å²) in [6, 6.07) is 9.69. The Balaban J connectivity index is 1.76. The van der Waals surface area contributed by atoms with Crippen molar-refractivity contribution in [2.45, 2.75) is 37.7 Å². The summed E-state index contributed by atoms with van der Waals surface area (Å²) in [5.41, 5.74) is 0.887. The fourth-order valence-electron chi connectivity index (χ4n) is 3.15. The van der Waals surface area contributed by atoms with E-state index in [4.69, 9.17) is 4.74 Å². The fraction of sp³-hybridized carbons (Fsp3) is 0.550. The summed E-state index contributed by atoms with van der Waals surface area (Å²) < 4.78 is 7.60. The Hall–Kier alpha value is -2.06. The molecule has 3 rings (SSSR count). The molecule has 1 saturated heterocycles. The molecule has 0 bridgehead atoms. The molecule has 152 valence electrons. The van der Waals surface area contributed by atoms with Crippen LogP contribution in [0.5, 0.6) is 0 Å². The van der Waals surface area contributed by atoms with Crippen LogP contribution < -0.4 is 9.80 Å². The van der Waals surface area contributed by atoms with Gasteiger partial charge in [0.05, 0.1) is 18.5 Å². The number of aromatic nitrogens is 3. The lowest BCUT2D eigenvalue weighted by atomic mass is 10.2. The first-order valence-electron chi connectivity index (χ1n) is 9.72. The molecule has 1 aliphatic heterocycles. The highest BCUT2D eigenvalue weighted by atomic mass is 32.2. The third kappa shape index (κ3) is 4.86. The number of benzene rings is 1. The van der Waals surface area contributed by atoms with Crippen LogP contribution in [0.25, 0.3) is 0 Å². The van der Waals surface area contributed by atoms with Crippen molar-refractivity contribution in [1.82, 2.24) is 14.8 Å². The largest absolute Gasteiger partial charge is 0.378 e. The molecular formula is C20H29N5O2S. The molecule has 1 atom stereocenters. The first kappa shape index (κ1) is 20.7. The normalized spacial score (nSPS) is 15.7. The third-order valence-corrected chi connectivity index (χ3v) is 5.71. The van der Waals surface area contributed by atoms with Crippen molar-refractivity contribution in [3.8, 4) is 0 Å². The van der Waals surface area contributed by atoms with E-state index in [1.165, 1.54) is 11.8 Å². The fourth-order valence-corrected chi connectivity index (χ4v) is 4.10. The minimum absolute atomic E-state index is 0.0446. The summed E-state index contributed by atoms with van der Waals surface area (Å²) in [5.74, 6) is 1.37. The number of thioether (sulfide) groups is 1. The van der Waals surface area contributed by atoms with Crippen LogP contribution in [0, 0.1) is 5.92 Å². The molecule has 0 spiro atoms. The van der Waals surface area contributed by atoms with Crippen LogP contribution in [0.15, 0.2) is 35.5 Å². The second-order valence-corrected chi connectivity index (χ2v) is 8.69. The molecule has 1 aliphatic rings. The SMILES string of the molecule is CC(C)Cn1c(SC(C)C(=O)N(C)c2ccccc2)nnc1N1CCOCC1. The van der Waals surface area contributed by atoms with Crippen LogP contribution in [-0.4, -0.2) is 59.3 Å². The molecule has 0 aliphatic carbocycles. The predicted octanol–water partition coefficient (Wildman–Crippen LogP) is 2.91. The molecule has 28 heavy (non-hydrogen) atoms. The summed E-state index contributed by atoms with van der Waals surface area (Å²) in [6.45, 7) is 10.1. The average molecular weight is 404 g/mol. The second-order valence-electron chi connectivity index (χ2n) is 7.38. The lowest BCUT2D eigenvalue weighted by molar-refractivity contribution is -0.117. The van der Waals surface area contributed by atoms with Gasteiger partial charge in [-0.05, 0) is 25.0 Å². The molecule has 1 unspecified atom stereocenters.